The van der Waals surface area contributed by atoms with E-state index in [9.17, 15) is 14.7 Å². The van der Waals surface area contributed by atoms with Gasteiger partial charge in [-0.05, 0) is 17.7 Å². The molecule has 1 atom stereocenters. The normalized spacial score (nSPS) is 15.1. The molecule has 1 aliphatic heterocycles. The van der Waals surface area contributed by atoms with Crippen LogP contribution < -0.4 is 15.1 Å². The zero-order valence-electron chi connectivity index (χ0n) is 19.7. The van der Waals surface area contributed by atoms with Gasteiger partial charge in [0.25, 0.3) is 0 Å². The van der Waals surface area contributed by atoms with Gasteiger partial charge in [0, 0.05) is 42.6 Å². The lowest BCUT2D eigenvalue weighted by Crippen LogP contribution is -2.24. The third kappa shape index (κ3) is 3.40. The number of aromatic nitrogens is 1. The Labute approximate surface area is 206 Å². The van der Waals surface area contributed by atoms with E-state index in [-0.39, 0.29) is 34.3 Å². The van der Waals surface area contributed by atoms with Gasteiger partial charge in [0.1, 0.15) is 34.5 Å². The molecule has 0 saturated carbocycles. The van der Waals surface area contributed by atoms with E-state index in [0.717, 1.165) is 16.5 Å². The average molecular weight is 479 g/mol. The second-order valence-corrected chi connectivity index (χ2v) is 9.08. The number of hydrogen-bond donors (Lipinski definition) is 1. The van der Waals surface area contributed by atoms with E-state index in [2.05, 4.69) is 0 Å². The molecule has 0 unspecified atom stereocenters. The van der Waals surface area contributed by atoms with Gasteiger partial charge in [0.15, 0.2) is 0 Å². The molecule has 0 aliphatic carbocycles. The molecule has 7 nitrogen and oxygen atoms in total. The van der Waals surface area contributed by atoms with Gasteiger partial charge in [0.05, 0.1) is 17.5 Å². The van der Waals surface area contributed by atoms with Gasteiger partial charge >= 0.3 is 5.97 Å². The van der Waals surface area contributed by atoms with Gasteiger partial charge in [-0.1, -0.05) is 48.5 Å². The number of hydrogen-bond acceptors (Lipinski definition) is 7. The summed E-state index contributed by atoms with van der Waals surface area (Å²) in [5, 5.41) is 11.8. The lowest BCUT2D eigenvalue weighted by Gasteiger charge is -2.28. The number of fused-ring (bicyclic) bond motifs is 4. The summed E-state index contributed by atoms with van der Waals surface area (Å²) in [6, 6.07) is 20.2. The average Bonchev–Trinajstić information content (AvgIpc) is 2.87. The van der Waals surface area contributed by atoms with Gasteiger partial charge in [0.2, 0.25) is 5.43 Å². The largest absolute Gasteiger partial charge is 0.507 e. The standard InChI is InChI=1S/C29H22N2O5/c1-31(2)29-19(12-17-10-6-7-11-21(17)30-29)18-13-24(33)36-23-14-22(32)26-27(34)20(15-35-28(26)25(18)23)16-8-4-3-5-9-16/h3-12,14-15,18,32H,13H2,1-2H3/t18-/m1/s1. The third-order valence-corrected chi connectivity index (χ3v) is 6.59. The molecule has 0 saturated heterocycles. The quantitative estimate of drug-likeness (QED) is 0.281. The van der Waals surface area contributed by atoms with Crippen molar-refractivity contribution >= 4 is 33.7 Å². The minimum absolute atomic E-state index is 0.0396. The molecule has 0 fully saturated rings. The summed E-state index contributed by atoms with van der Waals surface area (Å²) in [5.41, 5.74) is 3.04. The van der Waals surface area contributed by atoms with E-state index in [1.165, 1.54) is 12.3 Å². The Kier molecular flexibility index (Phi) is 5.00. The topological polar surface area (TPSA) is 92.9 Å². The first kappa shape index (κ1) is 21.9. The van der Waals surface area contributed by atoms with Crippen LogP contribution in [0, 0.1) is 0 Å². The van der Waals surface area contributed by atoms with E-state index in [0.29, 0.717) is 22.5 Å². The predicted octanol–water partition coefficient (Wildman–Crippen LogP) is 5.22. The van der Waals surface area contributed by atoms with Crippen molar-refractivity contribution in [2.45, 2.75) is 12.3 Å². The summed E-state index contributed by atoms with van der Waals surface area (Å²) in [7, 11) is 3.79. The third-order valence-electron chi connectivity index (χ3n) is 6.59. The van der Waals surface area contributed by atoms with Crippen LogP contribution in [-0.2, 0) is 4.79 Å². The number of carbonyl (C=O) groups excluding carboxylic acids is 1. The Morgan fingerprint density at radius 2 is 1.75 bits per heavy atom. The van der Waals surface area contributed by atoms with Crippen LogP contribution in [-0.4, -0.2) is 30.2 Å². The van der Waals surface area contributed by atoms with Crippen LogP contribution in [0.2, 0.25) is 0 Å². The molecule has 6 rings (SSSR count). The van der Waals surface area contributed by atoms with E-state index in [4.69, 9.17) is 14.1 Å². The van der Waals surface area contributed by atoms with Crippen LogP contribution in [0.3, 0.4) is 0 Å². The number of nitrogens with zero attached hydrogens (tertiary/aromatic N) is 2. The van der Waals surface area contributed by atoms with Crippen LogP contribution in [0.1, 0.15) is 23.5 Å². The zero-order chi connectivity index (χ0) is 25.0. The molecule has 5 aromatic rings. The first-order valence-electron chi connectivity index (χ1n) is 11.6. The summed E-state index contributed by atoms with van der Waals surface area (Å²) in [5.74, 6) is -0.358. The number of phenolic OH excluding ortho intramolecular Hbond substituents is 1. The summed E-state index contributed by atoms with van der Waals surface area (Å²) in [6.07, 6.45) is 1.44. The van der Waals surface area contributed by atoms with Crippen LogP contribution in [0.25, 0.3) is 33.0 Å². The van der Waals surface area contributed by atoms with Crippen molar-refractivity contribution in [1.82, 2.24) is 4.98 Å². The number of phenols is 1. The smallest absolute Gasteiger partial charge is 0.312 e. The van der Waals surface area contributed by atoms with E-state index in [1.54, 1.807) is 0 Å². The fraction of sp³-hybridized carbons (Fsp3) is 0.138. The first-order valence-corrected chi connectivity index (χ1v) is 11.6. The first-order chi connectivity index (χ1) is 17.4. The minimum Gasteiger partial charge on any atom is -0.507 e. The molecule has 36 heavy (non-hydrogen) atoms. The maximum absolute atomic E-state index is 13.5. The predicted molar refractivity (Wildman–Crippen MR) is 138 cm³/mol. The van der Waals surface area contributed by atoms with Gasteiger partial charge in [-0.3, -0.25) is 9.59 Å². The Hall–Kier alpha value is -4.65. The summed E-state index contributed by atoms with van der Waals surface area (Å²) in [6.45, 7) is 0. The highest BCUT2D eigenvalue weighted by molar-refractivity contribution is 5.95. The molecule has 0 radical (unpaired) electrons. The van der Waals surface area contributed by atoms with E-state index >= 15 is 0 Å². The number of para-hydroxylation sites is 1. The van der Waals surface area contributed by atoms with Crippen molar-refractivity contribution in [3.8, 4) is 22.6 Å². The van der Waals surface area contributed by atoms with Crippen LogP contribution in [0.4, 0.5) is 5.82 Å². The van der Waals surface area contributed by atoms with Crippen LogP contribution in [0.5, 0.6) is 11.5 Å². The van der Waals surface area contributed by atoms with Crippen LogP contribution >= 0.6 is 0 Å². The molecule has 3 aromatic carbocycles. The van der Waals surface area contributed by atoms with Crippen molar-refractivity contribution in [3.63, 3.8) is 0 Å². The van der Waals surface area contributed by atoms with Crippen molar-refractivity contribution in [3.05, 3.63) is 94.3 Å². The van der Waals surface area contributed by atoms with Crippen molar-refractivity contribution < 1.29 is 19.1 Å². The highest BCUT2D eigenvalue weighted by atomic mass is 16.5. The number of esters is 1. The second kappa shape index (κ2) is 8.23. The van der Waals surface area contributed by atoms with Crippen molar-refractivity contribution in [2.24, 2.45) is 0 Å². The maximum atomic E-state index is 13.5. The molecule has 1 aliphatic rings. The highest BCUT2D eigenvalue weighted by Crippen LogP contribution is 2.47. The molecule has 7 heteroatoms. The number of benzene rings is 3. The monoisotopic (exact) mass is 478 g/mol. The summed E-state index contributed by atoms with van der Waals surface area (Å²) < 4.78 is 11.6. The minimum atomic E-state index is -0.496. The Balaban J connectivity index is 1.65. The molecule has 2 aromatic heterocycles. The molecule has 1 N–H and O–H groups in total. The highest BCUT2D eigenvalue weighted by Gasteiger charge is 2.35. The molecule has 178 valence electrons. The summed E-state index contributed by atoms with van der Waals surface area (Å²) >= 11 is 0. The Morgan fingerprint density at radius 1 is 1.00 bits per heavy atom. The number of anilines is 1. The molecule has 0 spiro atoms. The molecule has 3 heterocycles. The maximum Gasteiger partial charge on any atom is 0.312 e. The fourth-order valence-electron chi connectivity index (χ4n) is 4.95. The van der Waals surface area contributed by atoms with Gasteiger partial charge in [-0.2, -0.15) is 0 Å². The Morgan fingerprint density at radius 3 is 2.53 bits per heavy atom. The number of rotatable bonds is 3. The lowest BCUT2D eigenvalue weighted by molar-refractivity contribution is -0.135. The van der Waals surface area contributed by atoms with Crippen LogP contribution in [0.15, 0.2) is 82.2 Å². The SMILES string of the molecule is CN(C)c1nc2ccccc2cc1[C@H]1CC(=O)Oc2cc(O)c3c(=O)c(-c4ccccc4)coc3c21. The van der Waals surface area contributed by atoms with E-state index in [1.807, 2.05) is 79.7 Å². The number of ether oxygens (including phenoxy) is 1. The van der Waals surface area contributed by atoms with Gasteiger partial charge in [-0.25, -0.2) is 4.98 Å². The molecular formula is C29H22N2O5. The number of aromatic hydroxyl groups is 1. The van der Waals surface area contributed by atoms with E-state index < -0.39 is 11.9 Å². The number of pyridine rings is 1. The molecule has 0 amide bonds. The molecular weight excluding hydrogens is 456 g/mol. The lowest BCUT2D eigenvalue weighted by atomic mass is 9.84. The second-order valence-electron chi connectivity index (χ2n) is 9.08. The van der Waals surface area contributed by atoms with Crippen molar-refractivity contribution in [1.29, 1.82) is 0 Å². The molecule has 0 bridgehead atoms. The number of carbonyl (C=O) groups is 1. The fourth-order valence-corrected chi connectivity index (χ4v) is 4.95. The van der Waals surface area contributed by atoms with Gasteiger partial charge < -0.3 is 19.2 Å². The van der Waals surface area contributed by atoms with Gasteiger partial charge in [-0.15, -0.1) is 0 Å². The Bertz CT molecular complexity index is 1720. The summed E-state index contributed by atoms with van der Waals surface area (Å²) in [4.78, 5) is 33.0. The zero-order valence-corrected chi connectivity index (χ0v) is 19.7. The van der Waals surface area contributed by atoms with Crippen molar-refractivity contribution in [2.75, 3.05) is 19.0 Å².